The molecule has 0 aliphatic rings. The van der Waals surface area contributed by atoms with Gasteiger partial charge in [-0.25, -0.2) is 0 Å². The molecule has 0 aromatic heterocycles. The standard InChI is InChI=1S/C16H16F9O6PS/c1-3-29-32(26,30-4-2)12(10-11-8-6-5-7-9-11)31-33(27,28)16(24,25)14(19,20)13(17,18)15(21,22)23/h5-10H,3-4H2,1-2H3/b12-10+. The van der Waals surface area contributed by atoms with Crippen LogP contribution in [0.3, 0.4) is 0 Å². The fourth-order valence-electron chi connectivity index (χ4n) is 2.03. The molecule has 0 amide bonds. The third-order valence-corrected chi connectivity index (χ3v) is 6.95. The molecule has 0 fully saturated rings. The van der Waals surface area contributed by atoms with Crippen molar-refractivity contribution in [3.05, 3.63) is 41.4 Å². The largest absolute Gasteiger partial charge is 0.460 e. The lowest BCUT2D eigenvalue weighted by molar-refractivity contribution is -0.382. The maximum atomic E-state index is 14.0. The number of hydrogen-bond donors (Lipinski definition) is 0. The van der Waals surface area contributed by atoms with Crippen LogP contribution in [0.2, 0.25) is 0 Å². The average Bonchev–Trinajstić information content (AvgIpc) is 2.67. The van der Waals surface area contributed by atoms with E-state index in [1.165, 1.54) is 32.0 Å². The predicted octanol–water partition coefficient (Wildman–Crippen LogP) is 6.02. The van der Waals surface area contributed by atoms with Gasteiger partial charge in [0.1, 0.15) is 0 Å². The van der Waals surface area contributed by atoms with Crippen molar-refractivity contribution in [1.29, 1.82) is 0 Å². The molecule has 6 nitrogen and oxygen atoms in total. The maximum Gasteiger partial charge on any atom is 0.460 e. The molecule has 0 atom stereocenters. The van der Waals surface area contributed by atoms with Gasteiger partial charge in [0.2, 0.25) is 5.50 Å². The van der Waals surface area contributed by atoms with E-state index >= 15 is 0 Å². The van der Waals surface area contributed by atoms with Crippen molar-refractivity contribution in [3.63, 3.8) is 0 Å². The van der Waals surface area contributed by atoms with E-state index in [9.17, 15) is 52.5 Å². The summed E-state index contributed by atoms with van der Waals surface area (Å²) in [6.45, 7) is 1.27. The Labute approximate surface area is 182 Å². The van der Waals surface area contributed by atoms with Crippen LogP contribution >= 0.6 is 7.60 Å². The molecule has 1 aromatic rings. The Kier molecular flexibility index (Phi) is 8.73. The summed E-state index contributed by atoms with van der Waals surface area (Å²) >= 11 is 0. The molecule has 0 aliphatic heterocycles. The number of rotatable bonds is 11. The number of hydrogen-bond acceptors (Lipinski definition) is 6. The van der Waals surface area contributed by atoms with E-state index in [0.29, 0.717) is 6.08 Å². The van der Waals surface area contributed by atoms with Crippen molar-refractivity contribution in [2.75, 3.05) is 13.2 Å². The third-order valence-electron chi connectivity index (χ3n) is 3.58. The zero-order chi connectivity index (χ0) is 25.9. The molecule has 0 saturated heterocycles. The Balaban J connectivity index is 3.68. The predicted molar refractivity (Wildman–Crippen MR) is 96.2 cm³/mol. The Bertz CT molecular complexity index is 983. The van der Waals surface area contributed by atoms with Gasteiger partial charge in [-0.15, -0.1) is 0 Å². The Morgan fingerprint density at radius 1 is 0.879 bits per heavy atom. The minimum absolute atomic E-state index is 0.141. The highest BCUT2D eigenvalue weighted by Gasteiger charge is 2.86. The minimum atomic E-state index is -7.53. The summed E-state index contributed by atoms with van der Waals surface area (Å²) in [6, 6.07) is 6.34. The van der Waals surface area contributed by atoms with Crippen molar-refractivity contribution in [3.8, 4) is 0 Å². The first kappa shape index (κ1) is 29.3. The highest BCUT2D eigenvalue weighted by Crippen LogP contribution is 2.60. The van der Waals surface area contributed by atoms with E-state index in [-0.39, 0.29) is 5.56 Å². The van der Waals surface area contributed by atoms with Crippen molar-refractivity contribution >= 4 is 23.8 Å². The summed E-state index contributed by atoms with van der Waals surface area (Å²) in [4.78, 5) is 0. The van der Waals surface area contributed by atoms with E-state index < -0.39 is 59.7 Å². The van der Waals surface area contributed by atoms with Gasteiger partial charge in [-0.05, 0) is 25.5 Å². The maximum absolute atomic E-state index is 14.0. The van der Waals surface area contributed by atoms with E-state index in [4.69, 9.17) is 0 Å². The molecule has 0 saturated carbocycles. The van der Waals surface area contributed by atoms with Crippen molar-refractivity contribution in [1.82, 2.24) is 0 Å². The number of benzene rings is 1. The molecule has 0 unspecified atom stereocenters. The summed E-state index contributed by atoms with van der Waals surface area (Å²) in [6.07, 6.45) is -6.83. The van der Waals surface area contributed by atoms with Gasteiger partial charge < -0.3 is 13.2 Å². The van der Waals surface area contributed by atoms with Gasteiger partial charge in [0.15, 0.2) is 0 Å². The molecule has 190 valence electrons. The van der Waals surface area contributed by atoms with E-state index in [1.807, 2.05) is 0 Å². The molecular formula is C16H16F9O6PS. The van der Waals surface area contributed by atoms with Crippen LogP contribution in [0.15, 0.2) is 35.8 Å². The van der Waals surface area contributed by atoms with Crippen molar-refractivity contribution in [2.45, 2.75) is 37.1 Å². The zero-order valence-electron chi connectivity index (χ0n) is 16.6. The Hall–Kier alpha value is -1.77. The van der Waals surface area contributed by atoms with Crippen LogP contribution in [0, 0.1) is 0 Å². The summed E-state index contributed by atoms with van der Waals surface area (Å²) in [5, 5.41) is -7.15. The van der Waals surface area contributed by atoms with Gasteiger partial charge in [-0.3, -0.25) is 4.57 Å². The first-order valence-corrected chi connectivity index (χ1v) is 11.6. The van der Waals surface area contributed by atoms with E-state index in [2.05, 4.69) is 13.2 Å². The summed E-state index contributed by atoms with van der Waals surface area (Å²) in [5.74, 6) is -15.0. The van der Waals surface area contributed by atoms with Gasteiger partial charge in [0, 0.05) is 0 Å². The van der Waals surface area contributed by atoms with Crippen molar-refractivity contribution < 1.29 is 65.7 Å². The molecule has 0 aliphatic carbocycles. The van der Waals surface area contributed by atoms with Crippen LogP contribution in [0.5, 0.6) is 0 Å². The fraction of sp³-hybridized carbons (Fsp3) is 0.500. The average molecular weight is 538 g/mol. The normalized spacial score (nSPS) is 14.9. The lowest BCUT2D eigenvalue weighted by Crippen LogP contribution is -2.63. The molecule has 1 rings (SSSR count). The second-order valence-electron chi connectivity index (χ2n) is 5.93. The molecule has 33 heavy (non-hydrogen) atoms. The Morgan fingerprint density at radius 3 is 1.73 bits per heavy atom. The number of halogens is 9. The quantitative estimate of drug-likeness (QED) is 0.148. The summed E-state index contributed by atoms with van der Waals surface area (Å²) in [7, 11) is -12.4. The molecule has 0 radical (unpaired) electrons. The first-order chi connectivity index (χ1) is 14.8. The van der Waals surface area contributed by atoms with Crippen molar-refractivity contribution in [2.24, 2.45) is 0 Å². The van der Waals surface area contributed by atoms with Crippen LogP contribution < -0.4 is 0 Å². The van der Waals surface area contributed by atoms with E-state index in [1.54, 1.807) is 0 Å². The molecule has 1 aromatic carbocycles. The van der Waals surface area contributed by atoms with Gasteiger partial charge in [-0.1, -0.05) is 30.3 Å². The zero-order valence-corrected chi connectivity index (χ0v) is 18.3. The molecular weight excluding hydrogens is 522 g/mol. The minimum Gasteiger partial charge on any atom is -0.369 e. The second-order valence-corrected chi connectivity index (χ2v) is 9.47. The fourth-order valence-corrected chi connectivity index (χ4v) is 4.82. The lowest BCUT2D eigenvalue weighted by Gasteiger charge is -2.33. The smallest absolute Gasteiger partial charge is 0.369 e. The molecule has 0 heterocycles. The monoisotopic (exact) mass is 538 g/mol. The highest BCUT2D eigenvalue weighted by molar-refractivity contribution is 7.88. The van der Waals surface area contributed by atoms with Gasteiger partial charge in [0.05, 0.1) is 13.2 Å². The first-order valence-electron chi connectivity index (χ1n) is 8.61. The Morgan fingerprint density at radius 2 is 1.33 bits per heavy atom. The third kappa shape index (κ3) is 5.66. The summed E-state index contributed by atoms with van der Waals surface area (Å²) < 4.78 is 168. The van der Waals surface area contributed by atoms with Crippen LogP contribution in [-0.2, 0) is 27.9 Å². The van der Waals surface area contributed by atoms with E-state index in [0.717, 1.165) is 12.1 Å². The molecule has 0 spiro atoms. The molecule has 17 heteroatoms. The molecule has 0 N–H and O–H groups in total. The highest BCUT2D eigenvalue weighted by atomic mass is 32.2. The van der Waals surface area contributed by atoms with Gasteiger partial charge in [0.25, 0.3) is 0 Å². The summed E-state index contributed by atoms with van der Waals surface area (Å²) in [5.41, 5.74) is -1.82. The SMILES string of the molecule is CCOP(=O)(OCC)/C(=C/c1ccccc1)OS(=O)(=O)C(F)(F)C(F)(F)C(F)(F)C(F)(F)F. The topological polar surface area (TPSA) is 78.9 Å². The number of alkyl halides is 9. The van der Waals surface area contributed by atoms with Crippen LogP contribution in [0.1, 0.15) is 19.4 Å². The van der Waals surface area contributed by atoms with Gasteiger partial charge >= 0.3 is 41.0 Å². The van der Waals surface area contributed by atoms with Crippen LogP contribution in [0.4, 0.5) is 39.5 Å². The van der Waals surface area contributed by atoms with Crippen LogP contribution in [0.25, 0.3) is 6.08 Å². The van der Waals surface area contributed by atoms with Gasteiger partial charge in [-0.2, -0.15) is 47.9 Å². The van der Waals surface area contributed by atoms with Crippen LogP contribution in [-0.4, -0.2) is 44.9 Å². The second kappa shape index (κ2) is 9.84. The molecule has 0 bridgehead atoms. The lowest BCUT2D eigenvalue weighted by atomic mass is 10.1.